The van der Waals surface area contributed by atoms with E-state index in [9.17, 15) is 18.3 Å². The Morgan fingerprint density at radius 2 is 1.81 bits per heavy atom. The number of carbonyl (C=O) groups is 1. The lowest BCUT2D eigenvalue weighted by Gasteiger charge is -2.15. The van der Waals surface area contributed by atoms with Crippen LogP contribution in [0.4, 0.5) is 5.69 Å². The molecular weight excluding hydrogens is 420 g/mol. The molecule has 0 aliphatic heterocycles. The predicted molar refractivity (Wildman–Crippen MR) is 119 cm³/mol. The van der Waals surface area contributed by atoms with Crippen LogP contribution in [-0.2, 0) is 21.2 Å². The lowest BCUT2D eigenvalue weighted by atomic mass is 10.1. The summed E-state index contributed by atoms with van der Waals surface area (Å²) in [5.41, 5.74) is 1.32. The van der Waals surface area contributed by atoms with Crippen LogP contribution < -0.4 is 14.8 Å². The monoisotopic (exact) mass is 450 g/mol. The van der Waals surface area contributed by atoms with Crippen LogP contribution in [0.3, 0.4) is 0 Å². The molecule has 0 saturated carbocycles. The molecule has 0 radical (unpaired) electrons. The van der Waals surface area contributed by atoms with Crippen LogP contribution in [0.1, 0.15) is 36.2 Å². The van der Waals surface area contributed by atoms with Gasteiger partial charge in [0.1, 0.15) is 10.6 Å². The highest BCUT2D eigenvalue weighted by Gasteiger charge is 2.20. The van der Waals surface area contributed by atoms with Crippen molar-refractivity contribution in [3.05, 3.63) is 53.6 Å². The maximum absolute atomic E-state index is 12.8. The Kier molecular flexibility index (Phi) is 9.29. The van der Waals surface area contributed by atoms with E-state index in [1.54, 1.807) is 7.11 Å². The third kappa shape index (κ3) is 7.86. The molecule has 0 amide bonds. The Balaban J connectivity index is 2.08. The number of carboxylic acid groups (broad SMARTS) is 1. The molecule has 0 bridgehead atoms. The van der Waals surface area contributed by atoms with Crippen molar-refractivity contribution < 1.29 is 27.8 Å². The van der Waals surface area contributed by atoms with Crippen molar-refractivity contribution in [3.63, 3.8) is 0 Å². The van der Waals surface area contributed by atoms with Crippen LogP contribution in [-0.4, -0.2) is 52.4 Å². The van der Waals surface area contributed by atoms with Gasteiger partial charge in [-0.15, -0.1) is 0 Å². The highest BCUT2D eigenvalue weighted by Crippen LogP contribution is 2.23. The van der Waals surface area contributed by atoms with Crippen molar-refractivity contribution in [2.75, 3.05) is 32.1 Å². The molecule has 2 aromatic carbocycles. The second-order valence-corrected chi connectivity index (χ2v) is 8.95. The highest BCUT2D eigenvalue weighted by molar-refractivity contribution is 7.89. The summed E-state index contributed by atoms with van der Waals surface area (Å²) in [6.07, 6.45) is 1.24. The number of carboxylic acids is 1. The first-order chi connectivity index (χ1) is 14.7. The van der Waals surface area contributed by atoms with E-state index in [0.717, 1.165) is 11.3 Å². The third-order valence-corrected chi connectivity index (χ3v) is 5.97. The minimum Gasteiger partial charge on any atom is -0.497 e. The quantitative estimate of drug-likeness (QED) is 0.402. The van der Waals surface area contributed by atoms with Crippen LogP contribution in [0.2, 0.25) is 0 Å². The number of hydrogen-bond donors (Lipinski definition) is 3. The molecule has 0 saturated heterocycles. The van der Waals surface area contributed by atoms with Gasteiger partial charge < -0.3 is 19.9 Å². The third-order valence-electron chi connectivity index (χ3n) is 4.47. The summed E-state index contributed by atoms with van der Waals surface area (Å²) in [7, 11) is -2.30. The summed E-state index contributed by atoms with van der Waals surface area (Å²) in [6.45, 7) is 4.92. The van der Waals surface area contributed by atoms with E-state index in [-0.39, 0.29) is 23.1 Å². The first kappa shape index (κ1) is 24.6. The number of methoxy groups -OCH3 is 1. The number of anilines is 1. The average molecular weight is 451 g/mol. The predicted octanol–water partition coefficient (Wildman–Crippen LogP) is 3.14. The van der Waals surface area contributed by atoms with Gasteiger partial charge in [0.25, 0.3) is 0 Å². The van der Waals surface area contributed by atoms with Crippen LogP contribution >= 0.6 is 0 Å². The van der Waals surface area contributed by atoms with Crippen LogP contribution in [0.15, 0.2) is 47.4 Å². The Morgan fingerprint density at radius 1 is 1.10 bits per heavy atom. The Bertz CT molecular complexity index is 958. The number of ether oxygens (including phenoxy) is 2. The fraction of sp³-hybridized carbons (Fsp3) is 0.409. The maximum atomic E-state index is 12.8. The summed E-state index contributed by atoms with van der Waals surface area (Å²) in [5, 5.41) is 12.4. The fourth-order valence-corrected chi connectivity index (χ4v) is 4.11. The molecule has 0 aliphatic carbocycles. The summed E-state index contributed by atoms with van der Waals surface area (Å²) in [5.74, 6) is -0.425. The zero-order valence-corrected chi connectivity index (χ0v) is 18.9. The molecule has 0 unspecified atom stereocenters. The van der Waals surface area contributed by atoms with Gasteiger partial charge in [-0.1, -0.05) is 12.1 Å². The van der Waals surface area contributed by atoms with Gasteiger partial charge >= 0.3 is 5.97 Å². The van der Waals surface area contributed by atoms with E-state index in [0.29, 0.717) is 31.7 Å². The van der Waals surface area contributed by atoms with Gasteiger partial charge in [-0.25, -0.2) is 17.9 Å². The summed E-state index contributed by atoms with van der Waals surface area (Å²) < 4.78 is 38.7. The summed E-state index contributed by atoms with van der Waals surface area (Å²) >= 11 is 0. The van der Waals surface area contributed by atoms with Gasteiger partial charge in [0, 0.05) is 19.7 Å². The number of benzene rings is 2. The molecule has 3 N–H and O–H groups in total. The first-order valence-electron chi connectivity index (χ1n) is 10.1. The van der Waals surface area contributed by atoms with Crippen molar-refractivity contribution in [3.8, 4) is 5.75 Å². The van der Waals surface area contributed by atoms with Gasteiger partial charge in [0.2, 0.25) is 10.0 Å². The summed E-state index contributed by atoms with van der Waals surface area (Å²) in [6, 6.07) is 11.6. The maximum Gasteiger partial charge on any atom is 0.335 e. The Hall–Kier alpha value is -2.62. The molecule has 8 nitrogen and oxygen atoms in total. The molecule has 2 rings (SSSR count). The molecular formula is C22H30N2O6S. The van der Waals surface area contributed by atoms with Crippen molar-refractivity contribution in [2.45, 2.75) is 37.7 Å². The van der Waals surface area contributed by atoms with E-state index >= 15 is 0 Å². The molecule has 0 spiro atoms. The van der Waals surface area contributed by atoms with E-state index in [1.165, 1.54) is 18.2 Å². The molecule has 170 valence electrons. The second-order valence-electron chi connectivity index (χ2n) is 7.21. The zero-order chi connectivity index (χ0) is 22.9. The fourth-order valence-electron chi connectivity index (χ4n) is 2.83. The Morgan fingerprint density at radius 3 is 2.42 bits per heavy atom. The molecule has 0 heterocycles. The highest BCUT2D eigenvalue weighted by atomic mass is 32.2. The van der Waals surface area contributed by atoms with Crippen molar-refractivity contribution >= 4 is 21.7 Å². The average Bonchev–Trinajstić information content (AvgIpc) is 2.73. The molecule has 9 heteroatoms. The number of aromatic carboxylic acids is 1. The number of hydrogen-bond acceptors (Lipinski definition) is 6. The lowest BCUT2D eigenvalue weighted by Crippen LogP contribution is -2.27. The van der Waals surface area contributed by atoms with Gasteiger partial charge in [-0.2, -0.15) is 0 Å². The second kappa shape index (κ2) is 11.7. The zero-order valence-electron chi connectivity index (χ0n) is 18.1. The van der Waals surface area contributed by atoms with Crippen LogP contribution in [0, 0.1) is 0 Å². The normalized spacial score (nSPS) is 11.5. The van der Waals surface area contributed by atoms with Crippen molar-refractivity contribution in [1.82, 2.24) is 4.72 Å². The van der Waals surface area contributed by atoms with Crippen molar-refractivity contribution in [2.24, 2.45) is 0 Å². The van der Waals surface area contributed by atoms with Gasteiger partial charge in [-0.3, -0.25) is 0 Å². The van der Waals surface area contributed by atoms with E-state index in [1.807, 2.05) is 38.1 Å². The summed E-state index contributed by atoms with van der Waals surface area (Å²) in [4.78, 5) is 11.3. The minimum absolute atomic E-state index is 0.0744. The largest absolute Gasteiger partial charge is 0.497 e. The van der Waals surface area contributed by atoms with Gasteiger partial charge in [0.15, 0.2) is 0 Å². The van der Waals surface area contributed by atoms with Gasteiger partial charge in [-0.05, 0) is 62.6 Å². The van der Waals surface area contributed by atoms with E-state index in [4.69, 9.17) is 9.47 Å². The molecule has 31 heavy (non-hydrogen) atoms. The minimum atomic E-state index is -3.90. The van der Waals surface area contributed by atoms with Crippen LogP contribution in [0.5, 0.6) is 5.75 Å². The standard InChI is InChI=1S/C22H30N2O6S/c1-16(2)30-14-4-12-24-31(27,28)21-15-18(22(25)26)7-10-20(21)23-13-11-17-5-8-19(29-3)9-6-17/h5-10,15-16,23-24H,4,11-14H2,1-3H3,(H,25,26). The smallest absolute Gasteiger partial charge is 0.335 e. The molecule has 0 aromatic heterocycles. The van der Waals surface area contributed by atoms with E-state index in [2.05, 4.69) is 10.0 Å². The molecule has 0 atom stereocenters. The van der Waals surface area contributed by atoms with Crippen molar-refractivity contribution in [1.29, 1.82) is 0 Å². The molecule has 0 fully saturated rings. The number of sulfonamides is 1. The van der Waals surface area contributed by atoms with Crippen LogP contribution in [0.25, 0.3) is 0 Å². The lowest BCUT2D eigenvalue weighted by molar-refractivity contribution is 0.0696. The number of rotatable bonds is 13. The SMILES string of the molecule is COc1ccc(CCNc2ccc(C(=O)O)cc2S(=O)(=O)NCCCOC(C)C)cc1. The first-order valence-corrected chi connectivity index (χ1v) is 11.6. The number of nitrogens with one attached hydrogen (secondary N) is 2. The molecule has 2 aromatic rings. The van der Waals surface area contributed by atoms with E-state index < -0.39 is 16.0 Å². The Labute approximate surface area is 183 Å². The topological polar surface area (TPSA) is 114 Å². The molecule has 0 aliphatic rings. The van der Waals surface area contributed by atoms with Gasteiger partial charge in [0.05, 0.1) is 24.5 Å².